The largest absolute Gasteiger partial charge is 0.497 e. The molecular weight excluding hydrogens is 204 g/mol. The molecule has 1 heterocycles. The Morgan fingerprint density at radius 2 is 2.19 bits per heavy atom. The zero-order valence-electron chi connectivity index (χ0n) is 9.44. The Bertz CT molecular complexity index is 593. The highest BCUT2D eigenvalue weighted by atomic mass is 16.5. The third-order valence-electron chi connectivity index (χ3n) is 2.62. The van der Waals surface area contributed by atoms with Crippen LogP contribution in [0.4, 0.5) is 5.69 Å². The van der Waals surface area contributed by atoms with Crippen molar-refractivity contribution < 1.29 is 9.53 Å². The first-order chi connectivity index (χ1) is 7.67. The maximum Gasteiger partial charge on any atom is 0.240 e. The topological polar surface area (TPSA) is 43.6 Å². The summed E-state index contributed by atoms with van der Waals surface area (Å²) in [6, 6.07) is 3.83. The lowest BCUT2D eigenvalue weighted by atomic mass is 10.1. The molecule has 0 N–H and O–H groups in total. The van der Waals surface area contributed by atoms with Gasteiger partial charge in [0.1, 0.15) is 11.4 Å². The third kappa shape index (κ3) is 1.49. The van der Waals surface area contributed by atoms with Crippen molar-refractivity contribution in [3.63, 3.8) is 0 Å². The van der Waals surface area contributed by atoms with Gasteiger partial charge in [-0.05, 0) is 24.6 Å². The molecule has 1 aromatic carbocycles. The summed E-state index contributed by atoms with van der Waals surface area (Å²) in [7, 11) is 3.54. The van der Waals surface area contributed by atoms with Crippen LogP contribution in [0.3, 0.4) is 0 Å². The van der Waals surface area contributed by atoms with Crippen LogP contribution in [0, 0.1) is 6.92 Å². The Hall–Kier alpha value is -2.06. The van der Waals surface area contributed by atoms with Crippen LogP contribution < -0.4 is 4.74 Å². The van der Waals surface area contributed by atoms with E-state index in [4.69, 9.17) is 4.74 Å². The SMILES string of the molecule is COc1cc(C)c2c(c1)c(N=C=O)cn2C. The molecule has 1 aromatic heterocycles. The zero-order chi connectivity index (χ0) is 11.7. The molecule has 82 valence electrons. The number of isocyanates is 1. The lowest BCUT2D eigenvalue weighted by Crippen LogP contribution is -1.89. The van der Waals surface area contributed by atoms with Crippen molar-refractivity contribution in [3.8, 4) is 5.75 Å². The van der Waals surface area contributed by atoms with Gasteiger partial charge in [0.2, 0.25) is 6.08 Å². The van der Waals surface area contributed by atoms with Gasteiger partial charge in [-0.25, -0.2) is 4.79 Å². The molecule has 0 amide bonds. The predicted octanol–water partition coefficient (Wildman–Crippen LogP) is 2.46. The quantitative estimate of drug-likeness (QED) is 0.571. The summed E-state index contributed by atoms with van der Waals surface area (Å²) in [5.74, 6) is 0.763. The fourth-order valence-corrected chi connectivity index (χ4v) is 1.98. The summed E-state index contributed by atoms with van der Waals surface area (Å²) in [5.41, 5.74) is 2.76. The number of nitrogens with zero attached hydrogens (tertiary/aromatic N) is 2. The molecule has 0 radical (unpaired) electrons. The number of methoxy groups -OCH3 is 1. The highest BCUT2D eigenvalue weighted by Crippen LogP contribution is 2.33. The monoisotopic (exact) mass is 216 g/mol. The number of rotatable bonds is 2. The van der Waals surface area contributed by atoms with Gasteiger partial charge in [-0.15, -0.1) is 0 Å². The van der Waals surface area contributed by atoms with Crippen LogP contribution >= 0.6 is 0 Å². The van der Waals surface area contributed by atoms with Crippen LogP contribution in [0.25, 0.3) is 10.9 Å². The highest BCUT2D eigenvalue weighted by molar-refractivity contribution is 5.95. The molecule has 0 unspecified atom stereocenters. The average Bonchev–Trinajstić information content (AvgIpc) is 2.56. The number of ether oxygens (including phenoxy) is 1. The first-order valence-electron chi connectivity index (χ1n) is 4.89. The molecule has 16 heavy (non-hydrogen) atoms. The van der Waals surface area contributed by atoms with Crippen molar-refractivity contribution >= 4 is 22.7 Å². The van der Waals surface area contributed by atoms with E-state index in [1.54, 1.807) is 13.2 Å². The second-order valence-electron chi connectivity index (χ2n) is 3.67. The molecule has 0 fully saturated rings. The molecule has 2 aromatic rings. The van der Waals surface area contributed by atoms with Crippen LogP contribution in [-0.4, -0.2) is 17.8 Å². The molecule has 0 spiro atoms. The van der Waals surface area contributed by atoms with Gasteiger partial charge in [-0.3, -0.25) is 0 Å². The smallest absolute Gasteiger partial charge is 0.240 e. The number of aromatic nitrogens is 1. The number of benzene rings is 1. The van der Waals surface area contributed by atoms with E-state index < -0.39 is 0 Å². The zero-order valence-corrected chi connectivity index (χ0v) is 9.44. The van der Waals surface area contributed by atoms with Crippen LogP contribution in [-0.2, 0) is 11.8 Å². The standard InChI is InChI=1S/C12H12N2O2/c1-8-4-9(16-3)5-10-11(13-7-15)6-14(2)12(8)10/h4-6H,1-3H3. The average molecular weight is 216 g/mol. The number of aliphatic imine (C=N–C) groups is 1. The predicted molar refractivity (Wildman–Crippen MR) is 62.0 cm³/mol. The first-order valence-corrected chi connectivity index (χ1v) is 4.89. The molecule has 4 nitrogen and oxygen atoms in total. The van der Waals surface area contributed by atoms with E-state index in [1.165, 1.54) is 0 Å². The van der Waals surface area contributed by atoms with Gasteiger partial charge in [0.05, 0.1) is 12.6 Å². The summed E-state index contributed by atoms with van der Waals surface area (Å²) in [5, 5.41) is 0.905. The molecule has 0 atom stereocenters. The molecular formula is C12H12N2O2. The fraction of sp³-hybridized carbons (Fsp3) is 0.250. The number of hydrogen-bond acceptors (Lipinski definition) is 3. The second-order valence-corrected chi connectivity index (χ2v) is 3.67. The molecule has 2 rings (SSSR count). The summed E-state index contributed by atoms with van der Waals surface area (Å²) in [4.78, 5) is 14.0. The summed E-state index contributed by atoms with van der Waals surface area (Å²) in [6.07, 6.45) is 3.37. The van der Waals surface area contributed by atoms with Gasteiger partial charge in [0.25, 0.3) is 0 Å². The van der Waals surface area contributed by atoms with E-state index in [2.05, 4.69) is 4.99 Å². The summed E-state index contributed by atoms with van der Waals surface area (Å²) >= 11 is 0. The number of fused-ring (bicyclic) bond motifs is 1. The van der Waals surface area contributed by atoms with E-state index in [9.17, 15) is 4.79 Å². The van der Waals surface area contributed by atoms with E-state index in [0.29, 0.717) is 5.69 Å². The molecule has 0 saturated heterocycles. The lowest BCUT2D eigenvalue weighted by Gasteiger charge is -2.04. The van der Waals surface area contributed by atoms with Gasteiger partial charge in [-0.2, -0.15) is 4.99 Å². The van der Waals surface area contributed by atoms with E-state index in [1.807, 2.05) is 36.9 Å². The van der Waals surface area contributed by atoms with Crippen molar-refractivity contribution in [2.75, 3.05) is 7.11 Å². The van der Waals surface area contributed by atoms with E-state index in [0.717, 1.165) is 22.2 Å². The third-order valence-corrected chi connectivity index (χ3v) is 2.62. The number of hydrogen-bond donors (Lipinski definition) is 0. The maximum atomic E-state index is 10.3. The lowest BCUT2D eigenvalue weighted by molar-refractivity contribution is 0.415. The molecule has 0 bridgehead atoms. The van der Waals surface area contributed by atoms with Crippen molar-refractivity contribution in [1.29, 1.82) is 0 Å². The highest BCUT2D eigenvalue weighted by Gasteiger charge is 2.10. The Labute approximate surface area is 93.2 Å². The minimum absolute atomic E-state index is 0.620. The van der Waals surface area contributed by atoms with Crippen LogP contribution in [0.1, 0.15) is 5.56 Å². The molecule has 0 aliphatic heterocycles. The van der Waals surface area contributed by atoms with Gasteiger partial charge in [0, 0.05) is 18.6 Å². The molecule has 0 saturated carbocycles. The van der Waals surface area contributed by atoms with Gasteiger partial charge in [-0.1, -0.05) is 0 Å². The first kappa shape index (κ1) is 10.5. The maximum absolute atomic E-state index is 10.3. The second kappa shape index (κ2) is 3.83. The minimum atomic E-state index is 0.620. The fourth-order valence-electron chi connectivity index (χ4n) is 1.98. The number of aryl methyl sites for hydroxylation is 2. The molecule has 0 aliphatic rings. The van der Waals surface area contributed by atoms with E-state index >= 15 is 0 Å². The van der Waals surface area contributed by atoms with Gasteiger partial charge in [0.15, 0.2) is 0 Å². The van der Waals surface area contributed by atoms with Crippen LogP contribution in [0.2, 0.25) is 0 Å². The van der Waals surface area contributed by atoms with Crippen molar-refractivity contribution in [3.05, 3.63) is 23.9 Å². The Morgan fingerprint density at radius 1 is 1.44 bits per heavy atom. The van der Waals surface area contributed by atoms with E-state index in [-0.39, 0.29) is 0 Å². The summed E-state index contributed by atoms with van der Waals surface area (Å²) < 4.78 is 7.14. The Morgan fingerprint density at radius 3 is 2.81 bits per heavy atom. The number of carbonyl (C=O) groups excluding carboxylic acids is 1. The van der Waals surface area contributed by atoms with Crippen molar-refractivity contribution in [2.45, 2.75) is 6.92 Å². The molecule has 4 heteroatoms. The summed E-state index contributed by atoms with van der Waals surface area (Å²) in [6.45, 7) is 2.00. The van der Waals surface area contributed by atoms with Gasteiger partial charge < -0.3 is 9.30 Å². The Balaban J connectivity index is 2.86. The molecule has 0 aliphatic carbocycles. The minimum Gasteiger partial charge on any atom is -0.497 e. The van der Waals surface area contributed by atoms with Gasteiger partial charge >= 0.3 is 0 Å². The Kier molecular flexibility index (Phi) is 2.50. The normalized spacial score (nSPS) is 10.2. The van der Waals surface area contributed by atoms with Crippen molar-refractivity contribution in [2.24, 2.45) is 12.0 Å². The van der Waals surface area contributed by atoms with Crippen LogP contribution in [0.5, 0.6) is 5.75 Å². The van der Waals surface area contributed by atoms with Crippen molar-refractivity contribution in [1.82, 2.24) is 4.57 Å². The van der Waals surface area contributed by atoms with Crippen LogP contribution in [0.15, 0.2) is 23.3 Å².